The molecular weight excluding hydrogens is 368 g/mol. The van der Waals surface area contributed by atoms with E-state index in [-0.39, 0.29) is 4.90 Å². The zero-order chi connectivity index (χ0) is 18.6. The second-order valence-electron chi connectivity index (χ2n) is 6.97. The van der Waals surface area contributed by atoms with E-state index in [1.54, 1.807) is 19.1 Å². The van der Waals surface area contributed by atoms with Crippen molar-refractivity contribution in [2.75, 3.05) is 19.6 Å². The van der Waals surface area contributed by atoms with Crippen molar-refractivity contribution < 1.29 is 8.42 Å². The molecule has 6 heteroatoms. The van der Waals surface area contributed by atoms with Crippen LogP contribution in [0.4, 0.5) is 0 Å². The van der Waals surface area contributed by atoms with Crippen molar-refractivity contribution in [1.82, 2.24) is 9.62 Å². The Bertz CT molecular complexity index is 832. The van der Waals surface area contributed by atoms with Crippen molar-refractivity contribution in [2.45, 2.75) is 31.2 Å². The number of nitrogens with one attached hydrogen (secondary N) is 1. The summed E-state index contributed by atoms with van der Waals surface area (Å²) < 4.78 is 27.9. The van der Waals surface area contributed by atoms with Gasteiger partial charge in [-0.05, 0) is 62.0 Å². The molecular formula is C20H25ClN2O2S. The van der Waals surface area contributed by atoms with Crippen LogP contribution in [0.25, 0.3) is 0 Å². The van der Waals surface area contributed by atoms with E-state index in [0.29, 0.717) is 23.0 Å². The molecule has 1 N–H and O–H groups in total. The van der Waals surface area contributed by atoms with Crippen LogP contribution in [0.5, 0.6) is 0 Å². The summed E-state index contributed by atoms with van der Waals surface area (Å²) in [5, 5.41) is 0.435. The highest BCUT2D eigenvalue weighted by atomic mass is 35.5. The van der Waals surface area contributed by atoms with Gasteiger partial charge in [0.15, 0.2) is 0 Å². The maximum absolute atomic E-state index is 12.6. The van der Waals surface area contributed by atoms with Gasteiger partial charge >= 0.3 is 0 Å². The lowest BCUT2D eigenvalue weighted by molar-refractivity contribution is 0.178. The van der Waals surface area contributed by atoms with Gasteiger partial charge in [0.25, 0.3) is 0 Å². The van der Waals surface area contributed by atoms with Gasteiger partial charge in [-0.3, -0.25) is 4.90 Å². The fourth-order valence-electron chi connectivity index (χ4n) is 3.36. The summed E-state index contributed by atoms with van der Waals surface area (Å²) >= 11 is 5.96. The van der Waals surface area contributed by atoms with Crippen LogP contribution in [-0.2, 0) is 16.6 Å². The maximum atomic E-state index is 12.6. The predicted octanol–water partition coefficient (Wildman–Crippen LogP) is 3.84. The molecule has 0 radical (unpaired) electrons. The zero-order valence-electron chi connectivity index (χ0n) is 15.0. The zero-order valence-corrected chi connectivity index (χ0v) is 16.6. The quantitative estimate of drug-likeness (QED) is 0.812. The largest absolute Gasteiger partial charge is 0.299 e. The van der Waals surface area contributed by atoms with Crippen molar-refractivity contribution in [3.05, 3.63) is 64.7 Å². The lowest BCUT2D eigenvalue weighted by atomic mass is 9.97. The van der Waals surface area contributed by atoms with E-state index in [0.717, 1.165) is 32.5 Å². The second kappa shape index (κ2) is 8.53. The maximum Gasteiger partial charge on any atom is 0.240 e. The molecule has 2 aromatic carbocycles. The third-order valence-corrected chi connectivity index (χ3v) is 6.76. The molecule has 0 atom stereocenters. The highest BCUT2D eigenvalue weighted by Gasteiger charge is 2.23. The lowest BCUT2D eigenvalue weighted by Crippen LogP contribution is -2.38. The molecule has 0 aliphatic carbocycles. The summed E-state index contributed by atoms with van der Waals surface area (Å²) in [5.41, 5.74) is 2.03. The van der Waals surface area contributed by atoms with Gasteiger partial charge in [0.05, 0.1) is 4.90 Å². The van der Waals surface area contributed by atoms with E-state index in [2.05, 4.69) is 33.9 Å². The number of hydrogen-bond donors (Lipinski definition) is 1. The standard InChI is InChI=1S/C20H25ClN2O2S/c1-16-7-8-19(21)13-20(16)26(24,25)22-14-17-9-11-23(12-10-17)15-18-5-3-2-4-6-18/h2-8,13,17,22H,9-12,14-15H2,1H3. The van der Waals surface area contributed by atoms with Crippen LogP contribution in [0, 0.1) is 12.8 Å². The van der Waals surface area contributed by atoms with Crippen molar-refractivity contribution in [1.29, 1.82) is 0 Å². The first kappa shape index (κ1) is 19.4. The molecule has 0 amide bonds. The molecule has 0 unspecified atom stereocenters. The Balaban J connectivity index is 1.51. The van der Waals surface area contributed by atoms with E-state index in [9.17, 15) is 8.42 Å². The first-order valence-corrected chi connectivity index (χ1v) is 10.8. The first-order valence-electron chi connectivity index (χ1n) is 8.96. The number of sulfonamides is 1. The number of nitrogens with zero attached hydrogens (tertiary/aromatic N) is 1. The predicted molar refractivity (Wildman–Crippen MR) is 106 cm³/mol. The minimum atomic E-state index is -3.52. The average Bonchev–Trinajstić information content (AvgIpc) is 2.64. The smallest absolute Gasteiger partial charge is 0.240 e. The Morgan fingerprint density at radius 1 is 1.12 bits per heavy atom. The number of likely N-dealkylation sites (tertiary alicyclic amines) is 1. The molecule has 0 spiro atoms. The Morgan fingerprint density at radius 2 is 1.81 bits per heavy atom. The van der Waals surface area contributed by atoms with E-state index in [1.165, 1.54) is 11.6 Å². The van der Waals surface area contributed by atoms with Gasteiger partial charge in [0.1, 0.15) is 0 Å². The Morgan fingerprint density at radius 3 is 2.50 bits per heavy atom. The highest BCUT2D eigenvalue weighted by molar-refractivity contribution is 7.89. The average molecular weight is 393 g/mol. The number of aryl methyl sites for hydroxylation is 1. The summed E-state index contributed by atoms with van der Waals surface area (Å²) in [5.74, 6) is 0.372. The van der Waals surface area contributed by atoms with Crippen molar-refractivity contribution in [2.24, 2.45) is 5.92 Å². The van der Waals surface area contributed by atoms with Crippen LogP contribution in [0.15, 0.2) is 53.4 Å². The third-order valence-electron chi connectivity index (χ3n) is 4.96. The summed E-state index contributed by atoms with van der Waals surface area (Å²) in [7, 11) is -3.52. The Hall–Kier alpha value is -1.40. The number of rotatable bonds is 6. The monoisotopic (exact) mass is 392 g/mol. The molecule has 26 heavy (non-hydrogen) atoms. The molecule has 1 saturated heterocycles. The lowest BCUT2D eigenvalue weighted by Gasteiger charge is -2.32. The number of halogens is 1. The van der Waals surface area contributed by atoms with Gasteiger partial charge in [0.2, 0.25) is 10.0 Å². The van der Waals surface area contributed by atoms with Crippen LogP contribution in [-0.4, -0.2) is 33.0 Å². The molecule has 1 fully saturated rings. The Labute approximate surface area is 161 Å². The molecule has 2 aromatic rings. The van der Waals surface area contributed by atoms with Crippen LogP contribution in [0.3, 0.4) is 0 Å². The van der Waals surface area contributed by atoms with Gasteiger partial charge in [-0.1, -0.05) is 48.0 Å². The molecule has 1 heterocycles. The molecule has 1 aliphatic rings. The Kier molecular flexibility index (Phi) is 6.35. The van der Waals surface area contributed by atoms with Gasteiger partial charge in [-0.2, -0.15) is 0 Å². The molecule has 0 saturated carbocycles. The fraction of sp³-hybridized carbons (Fsp3) is 0.400. The van der Waals surface area contributed by atoms with Crippen LogP contribution in [0.1, 0.15) is 24.0 Å². The number of hydrogen-bond acceptors (Lipinski definition) is 3. The molecule has 0 bridgehead atoms. The van der Waals surface area contributed by atoms with Crippen LogP contribution < -0.4 is 4.72 Å². The molecule has 1 aliphatic heterocycles. The second-order valence-corrected chi connectivity index (χ2v) is 9.14. The molecule has 3 rings (SSSR count). The normalized spacial score (nSPS) is 16.7. The SMILES string of the molecule is Cc1ccc(Cl)cc1S(=O)(=O)NCC1CCN(Cc2ccccc2)CC1. The van der Waals surface area contributed by atoms with Crippen LogP contribution in [0.2, 0.25) is 5.02 Å². The van der Waals surface area contributed by atoms with E-state index < -0.39 is 10.0 Å². The number of piperidine rings is 1. The minimum Gasteiger partial charge on any atom is -0.299 e. The molecule has 140 valence electrons. The topological polar surface area (TPSA) is 49.4 Å². The van der Waals surface area contributed by atoms with Gasteiger partial charge in [0, 0.05) is 18.1 Å². The van der Waals surface area contributed by atoms with Crippen LogP contribution >= 0.6 is 11.6 Å². The van der Waals surface area contributed by atoms with Crippen molar-refractivity contribution in [3.63, 3.8) is 0 Å². The van der Waals surface area contributed by atoms with E-state index >= 15 is 0 Å². The van der Waals surface area contributed by atoms with Crippen molar-refractivity contribution >= 4 is 21.6 Å². The fourth-order valence-corrected chi connectivity index (χ4v) is 4.98. The van der Waals surface area contributed by atoms with E-state index in [1.807, 2.05) is 6.07 Å². The number of benzene rings is 2. The molecule has 0 aromatic heterocycles. The summed E-state index contributed by atoms with van der Waals surface area (Å²) in [6.07, 6.45) is 2.01. The first-order chi connectivity index (χ1) is 12.4. The van der Waals surface area contributed by atoms with Gasteiger partial charge in [-0.15, -0.1) is 0 Å². The van der Waals surface area contributed by atoms with Crippen molar-refractivity contribution in [3.8, 4) is 0 Å². The summed E-state index contributed by atoms with van der Waals surface area (Å²) in [4.78, 5) is 2.70. The van der Waals surface area contributed by atoms with Gasteiger partial charge in [-0.25, -0.2) is 13.1 Å². The summed E-state index contributed by atoms with van der Waals surface area (Å²) in [6.45, 7) is 5.22. The minimum absolute atomic E-state index is 0.270. The van der Waals surface area contributed by atoms with E-state index in [4.69, 9.17) is 11.6 Å². The molecule has 4 nitrogen and oxygen atoms in total. The highest BCUT2D eigenvalue weighted by Crippen LogP contribution is 2.22. The third kappa shape index (κ3) is 5.07. The van der Waals surface area contributed by atoms with Gasteiger partial charge < -0.3 is 0 Å². The summed E-state index contributed by atoms with van der Waals surface area (Å²) in [6, 6.07) is 15.4.